The fourth-order valence-corrected chi connectivity index (χ4v) is 2.56. The number of carbonyl (C=O) groups excluding carboxylic acids is 1. The van der Waals surface area contributed by atoms with Gasteiger partial charge in [-0.25, -0.2) is 0 Å². The third kappa shape index (κ3) is 5.45. The van der Waals surface area contributed by atoms with Crippen molar-refractivity contribution >= 4 is 21.8 Å². The average molecular weight is 361 g/mol. The van der Waals surface area contributed by atoms with E-state index in [9.17, 15) is 4.79 Å². The van der Waals surface area contributed by atoms with Gasteiger partial charge in [-0.2, -0.15) is 0 Å². The first-order chi connectivity index (χ1) is 10.0. The molecule has 1 rings (SSSR count). The Morgan fingerprint density at radius 3 is 2.52 bits per heavy atom. The number of amides is 1. The van der Waals surface area contributed by atoms with E-state index >= 15 is 0 Å². The van der Waals surface area contributed by atoms with Gasteiger partial charge in [0.25, 0.3) is 5.91 Å². The molecular formula is C15H25BrN2O3. The van der Waals surface area contributed by atoms with Crippen LogP contribution < -0.4 is 0 Å². The summed E-state index contributed by atoms with van der Waals surface area (Å²) in [5.74, 6) is 0.0301. The molecule has 0 aliphatic carbocycles. The van der Waals surface area contributed by atoms with E-state index in [2.05, 4.69) is 29.8 Å². The van der Waals surface area contributed by atoms with Gasteiger partial charge < -0.3 is 18.9 Å². The summed E-state index contributed by atoms with van der Waals surface area (Å²) >= 11 is 3.45. The molecule has 6 heteroatoms. The fraction of sp³-hybridized carbons (Fsp3) is 0.667. The van der Waals surface area contributed by atoms with Crippen molar-refractivity contribution in [2.75, 3.05) is 40.5 Å². The van der Waals surface area contributed by atoms with Crippen LogP contribution in [0, 0.1) is 0 Å². The molecule has 0 radical (unpaired) electrons. The van der Waals surface area contributed by atoms with Gasteiger partial charge in [0.15, 0.2) is 0 Å². The van der Waals surface area contributed by atoms with Crippen LogP contribution in [0.25, 0.3) is 0 Å². The van der Waals surface area contributed by atoms with E-state index < -0.39 is 0 Å². The largest absolute Gasteiger partial charge is 0.385 e. The van der Waals surface area contributed by atoms with Crippen LogP contribution in [0.15, 0.2) is 16.7 Å². The lowest BCUT2D eigenvalue weighted by molar-refractivity contribution is 0.0662. The van der Waals surface area contributed by atoms with Crippen molar-refractivity contribution in [3.63, 3.8) is 0 Å². The topological polar surface area (TPSA) is 43.7 Å². The maximum absolute atomic E-state index is 12.8. The summed E-state index contributed by atoms with van der Waals surface area (Å²) in [6.45, 7) is 6.55. The second kappa shape index (κ2) is 9.23. The summed E-state index contributed by atoms with van der Waals surface area (Å²) in [6.07, 6.45) is 2.76. The van der Waals surface area contributed by atoms with E-state index in [1.54, 1.807) is 14.2 Å². The fourth-order valence-electron chi connectivity index (χ4n) is 2.12. The standard InChI is InChI=1S/C15H25BrN2O3/c1-12(2)18-11-13(16)10-14(18)15(19)17(7-9-21-4)6-5-8-20-3/h10-12H,5-9H2,1-4H3. The molecule has 0 aromatic carbocycles. The van der Waals surface area contributed by atoms with Gasteiger partial charge in [-0.1, -0.05) is 0 Å². The number of aromatic nitrogens is 1. The zero-order valence-electron chi connectivity index (χ0n) is 13.3. The molecule has 0 saturated carbocycles. The first-order valence-corrected chi connectivity index (χ1v) is 7.95. The molecule has 1 aromatic heterocycles. The highest BCUT2D eigenvalue weighted by molar-refractivity contribution is 9.10. The molecule has 1 heterocycles. The molecule has 21 heavy (non-hydrogen) atoms. The predicted octanol–water partition coefficient (Wildman–Crippen LogP) is 2.96. The van der Waals surface area contributed by atoms with Crippen molar-refractivity contribution in [3.05, 3.63) is 22.4 Å². The lowest BCUT2D eigenvalue weighted by Gasteiger charge is -2.23. The number of ether oxygens (including phenoxy) is 2. The summed E-state index contributed by atoms with van der Waals surface area (Å²) in [4.78, 5) is 14.6. The lowest BCUT2D eigenvalue weighted by atomic mass is 10.3. The van der Waals surface area contributed by atoms with Crippen molar-refractivity contribution in [2.45, 2.75) is 26.3 Å². The highest BCUT2D eigenvalue weighted by Crippen LogP contribution is 2.21. The van der Waals surface area contributed by atoms with Gasteiger partial charge in [0.2, 0.25) is 0 Å². The molecule has 0 aliphatic rings. The van der Waals surface area contributed by atoms with Crippen LogP contribution >= 0.6 is 15.9 Å². The van der Waals surface area contributed by atoms with Gasteiger partial charge in [0.05, 0.1) is 6.61 Å². The monoisotopic (exact) mass is 360 g/mol. The summed E-state index contributed by atoms with van der Waals surface area (Å²) in [5.41, 5.74) is 0.699. The molecule has 0 unspecified atom stereocenters. The minimum Gasteiger partial charge on any atom is -0.385 e. The Hall–Kier alpha value is -0.850. The van der Waals surface area contributed by atoms with E-state index in [-0.39, 0.29) is 11.9 Å². The zero-order chi connectivity index (χ0) is 15.8. The number of halogens is 1. The highest BCUT2D eigenvalue weighted by atomic mass is 79.9. The Morgan fingerprint density at radius 2 is 1.95 bits per heavy atom. The zero-order valence-corrected chi connectivity index (χ0v) is 14.9. The normalized spacial score (nSPS) is 11.1. The van der Waals surface area contributed by atoms with Gasteiger partial charge in [-0.3, -0.25) is 4.79 Å². The van der Waals surface area contributed by atoms with E-state index in [1.807, 2.05) is 21.7 Å². The number of hydrogen-bond donors (Lipinski definition) is 0. The summed E-state index contributed by atoms with van der Waals surface area (Å²) in [7, 11) is 3.31. The van der Waals surface area contributed by atoms with E-state index in [0.717, 1.165) is 10.9 Å². The number of carbonyl (C=O) groups is 1. The number of methoxy groups -OCH3 is 2. The Bertz CT molecular complexity index is 446. The van der Waals surface area contributed by atoms with E-state index in [0.29, 0.717) is 32.0 Å². The summed E-state index contributed by atoms with van der Waals surface area (Å²) in [5, 5.41) is 0. The first kappa shape index (κ1) is 18.2. The Morgan fingerprint density at radius 1 is 1.29 bits per heavy atom. The molecule has 5 nitrogen and oxygen atoms in total. The van der Waals surface area contributed by atoms with Gasteiger partial charge >= 0.3 is 0 Å². The second-order valence-electron chi connectivity index (χ2n) is 5.18. The minimum atomic E-state index is 0.0301. The number of nitrogens with zero attached hydrogens (tertiary/aromatic N) is 2. The van der Waals surface area contributed by atoms with Crippen LogP contribution in [0.1, 0.15) is 36.8 Å². The van der Waals surface area contributed by atoms with Crippen molar-refractivity contribution in [1.29, 1.82) is 0 Å². The molecule has 0 N–H and O–H groups in total. The van der Waals surface area contributed by atoms with Gasteiger partial charge in [0.1, 0.15) is 5.69 Å². The Labute approximate surface area is 135 Å². The van der Waals surface area contributed by atoms with Crippen LogP contribution in [-0.4, -0.2) is 55.9 Å². The van der Waals surface area contributed by atoms with Crippen LogP contribution in [0.5, 0.6) is 0 Å². The van der Waals surface area contributed by atoms with Crippen LogP contribution in [-0.2, 0) is 9.47 Å². The SMILES string of the molecule is COCCCN(CCOC)C(=O)c1cc(Br)cn1C(C)C. The molecular weight excluding hydrogens is 336 g/mol. The number of hydrogen-bond acceptors (Lipinski definition) is 3. The maximum Gasteiger partial charge on any atom is 0.270 e. The third-order valence-corrected chi connectivity index (χ3v) is 3.65. The van der Waals surface area contributed by atoms with Gasteiger partial charge in [-0.05, 0) is 42.3 Å². The molecule has 0 saturated heterocycles. The Kier molecular flexibility index (Phi) is 8.00. The molecule has 0 bridgehead atoms. The summed E-state index contributed by atoms with van der Waals surface area (Å²) < 4.78 is 13.1. The highest BCUT2D eigenvalue weighted by Gasteiger charge is 2.20. The third-order valence-electron chi connectivity index (χ3n) is 3.22. The van der Waals surface area contributed by atoms with Crippen LogP contribution in [0.2, 0.25) is 0 Å². The maximum atomic E-state index is 12.8. The predicted molar refractivity (Wildman–Crippen MR) is 86.8 cm³/mol. The smallest absolute Gasteiger partial charge is 0.270 e. The molecule has 0 spiro atoms. The van der Waals surface area contributed by atoms with Crippen molar-refractivity contribution in [1.82, 2.24) is 9.47 Å². The van der Waals surface area contributed by atoms with Crippen molar-refractivity contribution < 1.29 is 14.3 Å². The molecule has 1 amide bonds. The van der Waals surface area contributed by atoms with Crippen molar-refractivity contribution in [3.8, 4) is 0 Å². The van der Waals surface area contributed by atoms with E-state index in [1.165, 1.54) is 0 Å². The summed E-state index contributed by atoms with van der Waals surface area (Å²) in [6, 6.07) is 2.11. The molecule has 0 aliphatic heterocycles. The first-order valence-electron chi connectivity index (χ1n) is 7.15. The van der Waals surface area contributed by atoms with Crippen LogP contribution in [0.4, 0.5) is 0 Å². The van der Waals surface area contributed by atoms with Crippen LogP contribution in [0.3, 0.4) is 0 Å². The quantitative estimate of drug-likeness (QED) is 0.636. The average Bonchev–Trinajstić information content (AvgIpc) is 2.84. The molecule has 1 aromatic rings. The van der Waals surface area contributed by atoms with Crippen molar-refractivity contribution in [2.24, 2.45) is 0 Å². The number of rotatable bonds is 9. The second-order valence-corrected chi connectivity index (χ2v) is 6.09. The Balaban J connectivity index is 2.87. The minimum absolute atomic E-state index is 0.0301. The lowest BCUT2D eigenvalue weighted by Crippen LogP contribution is -2.36. The van der Waals surface area contributed by atoms with Gasteiger partial charge in [-0.15, -0.1) is 0 Å². The molecule has 0 atom stereocenters. The van der Waals surface area contributed by atoms with Gasteiger partial charge in [0, 0.05) is 50.6 Å². The molecule has 0 fully saturated rings. The molecule has 120 valence electrons. The van der Waals surface area contributed by atoms with E-state index in [4.69, 9.17) is 9.47 Å².